The van der Waals surface area contributed by atoms with Crippen molar-refractivity contribution in [3.8, 4) is 11.5 Å². The molecule has 7 nitrogen and oxygen atoms in total. The highest BCUT2D eigenvalue weighted by Gasteiger charge is 2.38. The molecule has 1 aliphatic heterocycles. The molecule has 5 rings (SSSR count). The Labute approximate surface area is 230 Å². The second-order valence-electron chi connectivity index (χ2n) is 9.35. The summed E-state index contributed by atoms with van der Waals surface area (Å²) in [6.45, 7) is 0.538. The molecule has 1 N–H and O–H groups in total. The minimum atomic E-state index is -0.835. The summed E-state index contributed by atoms with van der Waals surface area (Å²) in [7, 11) is 5.16. The highest BCUT2D eigenvalue weighted by Crippen LogP contribution is 2.42. The first-order chi connectivity index (χ1) is 18.9. The summed E-state index contributed by atoms with van der Waals surface area (Å²) >= 11 is 1.45. The van der Waals surface area contributed by atoms with Gasteiger partial charge in [-0.2, -0.15) is 0 Å². The van der Waals surface area contributed by atoms with Crippen LogP contribution < -0.4 is 14.8 Å². The fraction of sp³-hybridized carbons (Fsp3) is 0.267. The quantitative estimate of drug-likeness (QED) is 0.341. The molecule has 0 spiro atoms. The number of nitrogens with zero attached hydrogens (tertiary/aromatic N) is 2. The molecule has 1 atom stereocenters. The third-order valence-electron chi connectivity index (χ3n) is 7.07. The second-order valence-corrected chi connectivity index (χ2v) is 10.3. The molecule has 0 radical (unpaired) electrons. The van der Waals surface area contributed by atoms with Gasteiger partial charge in [-0.1, -0.05) is 48.2 Å². The number of fused-ring (bicyclic) bond motifs is 3. The summed E-state index contributed by atoms with van der Waals surface area (Å²) in [4.78, 5) is 29.2. The highest BCUT2D eigenvalue weighted by atomic mass is 32.2. The van der Waals surface area contributed by atoms with E-state index in [-0.39, 0.29) is 29.9 Å². The van der Waals surface area contributed by atoms with Crippen LogP contribution in [-0.2, 0) is 29.6 Å². The Balaban J connectivity index is 1.52. The lowest BCUT2D eigenvalue weighted by molar-refractivity contribution is -0.138. The van der Waals surface area contributed by atoms with Crippen LogP contribution in [0, 0.1) is 5.82 Å². The van der Waals surface area contributed by atoms with E-state index >= 15 is 0 Å². The van der Waals surface area contributed by atoms with E-state index in [4.69, 9.17) is 9.47 Å². The Morgan fingerprint density at radius 2 is 1.85 bits per heavy atom. The van der Waals surface area contributed by atoms with E-state index in [0.717, 1.165) is 32.6 Å². The SMILES string of the molecule is COc1ccc(CCN2C(=O)CSc3c(c4ccccc4n3C)C2C(=O)NCc2ccc(F)cc2)c(OC)c1. The molecule has 0 saturated carbocycles. The summed E-state index contributed by atoms with van der Waals surface area (Å²) in [6, 6.07) is 18.7. The average Bonchev–Trinajstić information content (AvgIpc) is 3.14. The zero-order valence-electron chi connectivity index (χ0n) is 22.1. The van der Waals surface area contributed by atoms with E-state index in [1.54, 1.807) is 31.3 Å². The maximum Gasteiger partial charge on any atom is 0.247 e. The van der Waals surface area contributed by atoms with Crippen LogP contribution in [-0.4, -0.2) is 47.8 Å². The Kier molecular flexibility index (Phi) is 7.79. The predicted molar refractivity (Wildman–Crippen MR) is 150 cm³/mol. The highest BCUT2D eigenvalue weighted by molar-refractivity contribution is 8.00. The molecule has 0 saturated heterocycles. The summed E-state index contributed by atoms with van der Waals surface area (Å²) in [5.74, 6) is 0.824. The first-order valence-corrected chi connectivity index (χ1v) is 13.6. The standard InChI is InChI=1S/C30H30FN3O4S/c1-33-24-7-5-4-6-23(24)27-28(29(36)32-17-19-8-11-21(31)12-9-19)34(26(35)18-39-30(27)33)15-14-20-10-13-22(37-2)16-25(20)38-3/h4-13,16,28H,14-15,17-18H2,1-3H3,(H,32,36). The van der Waals surface area contributed by atoms with Gasteiger partial charge in [0.1, 0.15) is 23.4 Å². The molecule has 2 amide bonds. The fourth-order valence-electron chi connectivity index (χ4n) is 5.06. The third kappa shape index (κ3) is 5.31. The van der Waals surface area contributed by atoms with Crippen molar-refractivity contribution in [2.24, 2.45) is 7.05 Å². The van der Waals surface area contributed by atoms with Crippen molar-refractivity contribution in [3.05, 3.63) is 89.2 Å². The van der Waals surface area contributed by atoms with Gasteiger partial charge in [-0.3, -0.25) is 9.59 Å². The van der Waals surface area contributed by atoms with Gasteiger partial charge >= 0.3 is 0 Å². The Morgan fingerprint density at radius 3 is 2.59 bits per heavy atom. The lowest BCUT2D eigenvalue weighted by Gasteiger charge is -2.30. The van der Waals surface area contributed by atoms with Crippen LogP contribution >= 0.6 is 11.8 Å². The monoisotopic (exact) mass is 547 g/mol. The molecule has 1 aliphatic rings. The average molecular weight is 548 g/mol. The molecular weight excluding hydrogens is 517 g/mol. The molecule has 9 heteroatoms. The normalized spacial score (nSPS) is 15.1. The number of nitrogens with one attached hydrogen (secondary N) is 1. The molecule has 4 aromatic rings. The lowest BCUT2D eigenvalue weighted by atomic mass is 10.0. The van der Waals surface area contributed by atoms with Gasteiger partial charge in [0, 0.05) is 42.7 Å². The smallest absolute Gasteiger partial charge is 0.247 e. The van der Waals surface area contributed by atoms with Crippen molar-refractivity contribution in [2.75, 3.05) is 26.5 Å². The number of amides is 2. The molecule has 0 fully saturated rings. The Bertz CT molecular complexity index is 1520. The Hall–Kier alpha value is -3.98. The molecule has 1 unspecified atom stereocenters. The number of halogens is 1. The van der Waals surface area contributed by atoms with Gasteiger partial charge in [-0.15, -0.1) is 0 Å². The van der Waals surface area contributed by atoms with Gasteiger partial charge in [-0.05, 0) is 41.8 Å². The predicted octanol–water partition coefficient (Wildman–Crippen LogP) is 4.87. The second kappa shape index (κ2) is 11.4. The van der Waals surface area contributed by atoms with Gasteiger partial charge in [0.05, 0.1) is 25.0 Å². The number of carbonyl (C=O) groups excluding carboxylic acids is 2. The number of aromatic nitrogens is 1. The van der Waals surface area contributed by atoms with E-state index in [1.807, 2.05) is 49.5 Å². The first-order valence-electron chi connectivity index (χ1n) is 12.6. The molecule has 202 valence electrons. The van der Waals surface area contributed by atoms with Crippen LogP contribution in [0.25, 0.3) is 10.9 Å². The van der Waals surface area contributed by atoms with Crippen LogP contribution in [0.15, 0.2) is 71.8 Å². The molecule has 0 aliphatic carbocycles. The van der Waals surface area contributed by atoms with Gasteiger partial charge in [0.25, 0.3) is 0 Å². The van der Waals surface area contributed by atoms with Crippen molar-refractivity contribution >= 4 is 34.5 Å². The number of carbonyl (C=O) groups is 2. The molecule has 0 bridgehead atoms. The van der Waals surface area contributed by atoms with Gasteiger partial charge in [-0.25, -0.2) is 4.39 Å². The Morgan fingerprint density at radius 1 is 1.08 bits per heavy atom. The lowest BCUT2D eigenvalue weighted by Crippen LogP contribution is -2.44. The van der Waals surface area contributed by atoms with E-state index in [1.165, 1.54) is 23.9 Å². The number of para-hydroxylation sites is 1. The number of thioether (sulfide) groups is 1. The number of rotatable bonds is 8. The number of ether oxygens (including phenoxy) is 2. The molecular formula is C30H30FN3O4S. The molecule has 3 aromatic carbocycles. The van der Waals surface area contributed by atoms with Crippen LogP contribution in [0.3, 0.4) is 0 Å². The van der Waals surface area contributed by atoms with Crippen LogP contribution in [0.2, 0.25) is 0 Å². The van der Waals surface area contributed by atoms with E-state index in [0.29, 0.717) is 24.5 Å². The minimum absolute atomic E-state index is 0.116. The molecule has 2 heterocycles. The summed E-state index contributed by atoms with van der Waals surface area (Å²) in [5, 5.41) is 4.84. The van der Waals surface area contributed by atoms with Crippen molar-refractivity contribution < 1.29 is 23.5 Å². The summed E-state index contributed by atoms with van der Waals surface area (Å²) in [5.41, 5.74) is 3.50. The summed E-state index contributed by atoms with van der Waals surface area (Å²) < 4.78 is 26.3. The number of hydrogen-bond acceptors (Lipinski definition) is 5. The molecule has 39 heavy (non-hydrogen) atoms. The van der Waals surface area contributed by atoms with E-state index < -0.39 is 6.04 Å². The number of methoxy groups -OCH3 is 2. The van der Waals surface area contributed by atoms with Crippen molar-refractivity contribution in [2.45, 2.75) is 24.0 Å². The fourth-order valence-corrected chi connectivity index (χ4v) is 6.16. The summed E-state index contributed by atoms with van der Waals surface area (Å²) in [6.07, 6.45) is 0.491. The van der Waals surface area contributed by atoms with E-state index in [2.05, 4.69) is 9.88 Å². The molecule has 1 aromatic heterocycles. The topological polar surface area (TPSA) is 72.8 Å². The minimum Gasteiger partial charge on any atom is -0.497 e. The van der Waals surface area contributed by atoms with Crippen LogP contribution in [0.4, 0.5) is 4.39 Å². The largest absolute Gasteiger partial charge is 0.497 e. The van der Waals surface area contributed by atoms with Crippen molar-refractivity contribution in [3.63, 3.8) is 0 Å². The number of aryl methyl sites for hydroxylation is 1. The van der Waals surface area contributed by atoms with Crippen molar-refractivity contribution in [1.29, 1.82) is 0 Å². The zero-order chi connectivity index (χ0) is 27.5. The third-order valence-corrected chi connectivity index (χ3v) is 8.23. The van der Waals surface area contributed by atoms with Crippen LogP contribution in [0.1, 0.15) is 22.7 Å². The van der Waals surface area contributed by atoms with E-state index in [9.17, 15) is 14.0 Å². The number of benzene rings is 3. The van der Waals surface area contributed by atoms with Gasteiger partial charge < -0.3 is 24.3 Å². The van der Waals surface area contributed by atoms with Gasteiger partial charge in [0.15, 0.2) is 0 Å². The first kappa shape index (κ1) is 26.6. The van der Waals surface area contributed by atoms with Crippen LogP contribution in [0.5, 0.6) is 11.5 Å². The van der Waals surface area contributed by atoms with Gasteiger partial charge in [0.2, 0.25) is 11.8 Å². The van der Waals surface area contributed by atoms with Crippen molar-refractivity contribution in [1.82, 2.24) is 14.8 Å². The maximum absolute atomic E-state index is 13.9. The maximum atomic E-state index is 13.9. The number of hydrogen-bond donors (Lipinski definition) is 1. The zero-order valence-corrected chi connectivity index (χ0v) is 22.9.